The zero-order chi connectivity index (χ0) is 37.4. The number of esters is 3. The minimum absolute atomic E-state index is 0.00173. The highest BCUT2D eigenvalue weighted by Gasteiger charge is 2.71. The fraction of sp³-hybridized carbons (Fsp3) is 0.714. The summed E-state index contributed by atoms with van der Waals surface area (Å²) in [4.78, 5) is 52.0. The van der Waals surface area contributed by atoms with Crippen LogP contribution in [0.2, 0.25) is 0 Å². The number of allylic oxidation sites excluding steroid dienone is 1. The smallest absolute Gasteiger partial charge is 0.362 e. The van der Waals surface area contributed by atoms with Gasteiger partial charge in [0, 0.05) is 43.4 Å². The van der Waals surface area contributed by atoms with Crippen LogP contribution in [0, 0.1) is 34.5 Å². The molecule has 4 aliphatic carbocycles. The number of piperidine rings is 1. The number of cyclic esters (lactones) is 1. The number of carbonyl (C=O) groups excluding carboxylic acids is 4. The summed E-state index contributed by atoms with van der Waals surface area (Å²) in [6.07, 6.45) is 10.9. The predicted molar refractivity (Wildman–Crippen MR) is 191 cm³/mol. The van der Waals surface area contributed by atoms with Gasteiger partial charge in [0.15, 0.2) is 6.54 Å². The molecule has 0 spiro atoms. The Kier molecular flexibility index (Phi) is 9.23. The van der Waals surface area contributed by atoms with E-state index in [9.17, 15) is 34.5 Å². The zero-order valence-electron chi connectivity index (χ0n) is 31.1. The number of aldehydes is 1. The zero-order valence-corrected chi connectivity index (χ0v) is 31.1. The SMILES string of the molecule is C[C@]12CC[C@H]3[C@@H](CC[C@]4(O)C[C@@H](OC(=O)C[N+]5(C)C6CC[C@H]5CC(OC(=O)C(CO)c5ccccc5)C6)CC[C@]34C=O)C1(O)C=C[C@H]2C1COC(=O)C1. The summed E-state index contributed by atoms with van der Waals surface area (Å²) in [6.45, 7) is 2.34. The lowest BCUT2D eigenvalue weighted by atomic mass is 9.41. The third kappa shape index (κ3) is 5.65. The van der Waals surface area contributed by atoms with Gasteiger partial charge >= 0.3 is 17.9 Å². The first-order valence-electron chi connectivity index (χ1n) is 20.0. The van der Waals surface area contributed by atoms with Gasteiger partial charge in [0.1, 0.15) is 24.4 Å². The quantitative estimate of drug-likeness (QED) is 0.112. The van der Waals surface area contributed by atoms with Crippen molar-refractivity contribution < 1.29 is 53.2 Å². The van der Waals surface area contributed by atoms with E-state index >= 15 is 0 Å². The number of nitrogens with zero attached hydrogens (tertiary/aromatic N) is 1. The van der Waals surface area contributed by atoms with Gasteiger partial charge in [-0.2, -0.15) is 0 Å². The summed E-state index contributed by atoms with van der Waals surface area (Å²) in [5.41, 5.74) is -3.30. The molecule has 7 aliphatic rings. The monoisotopic (exact) mass is 734 g/mol. The summed E-state index contributed by atoms with van der Waals surface area (Å²) in [6, 6.07) is 9.43. The molecule has 6 fully saturated rings. The molecule has 14 atom stereocenters. The molecule has 6 unspecified atom stereocenters. The van der Waals surface area contributed by atoms with Crippen LogP contribution in [0.3, 0.4) is 0 Å². The number of likely N-dealkylation sites (N-methyl/N-ethyl adjacent to an activating group) is 1. The third-order valence-corrected chi connectivity index (χ3v) is 16.0. The lowest BCUT2D eigenvalue weighted by Crippen LogP contribution is -2.69. The fourth-order valence-corrected chi connectivity index (χ4v) is 13.0. The minimum atomic E-state index is -1.34. The summed E-state index contributed by atoms with van der Waals surface area (Å²) in [5.74, 6) is -2.07. The first-order valence-corrected chi connectivity index (χ1v) is 20.0. The van der Waals surface area contributed by atoms with Crippen molar-refractivity contribution in [2.45, 2.75) is 125 Å². The van der Waals surface area contributed by atoms with Gasteiger partial charge in [0.05, 0.1) is 55.4 Å². The number of benzene rings is 1. The predicted octanol–water partition coefficient (Wildman–Crippen LogP) is 3.76. The second-order valence-electron chi connectivity index (χ2n) is 18.2. The van der Waals surface area contributed by atoms with E-state index in [1.807, 2.05) is 36.4 Å². The Balaban J connectivity index is 0.898. The van der Waals surface area contributed by atoms with E-state index in [0.29, 0.717) is 68.9 Å². The standard InChI is InChI=1S/C42H56NO10/c1-39-14-11-34-35(42(39,50)17-13-33(39)27-18-36(46)51-24-27)12-16-41(49)21-30(10-15-40(34,41)25-45)52-37(47)22-43(2)28-8-9-29(43)20-31(19-28)53-38(48)32(23-44)26-6-4-3-5-7-26/h3-7,13,17,25,27-35,44,49-50H,8-12,14-16,18-24H2,1-2H3/q+1/t27?,28-,29?,30-,31?,32?,33-,34-,35+,39+,40-,41-,42?,43?/m0/s1. The Morgan fingerprint density at radius 2 is 1.70 bits per heavy atom. The highest BCUT2D eigenvalue weighted by molar-refractivity contribution is 5.78. The van der Waals surface area contributed by atoms with Crippen molar-refractivity contribution in [3.8, 4) is 0 Å². The number of quaternary nitrogens is 1. The summed E-state index contributed by atoms with van der Waals surface area (Å²) < 4.78 is 18.0. The van der Waals surface area contributed by atoms with Crippen molar-refractivity contribution in [1.29, 1.82) is 0 Å². The topological polar surface area (TPSA) is 157 Å². The number of carbonyl (C=O) groups is 4. The van der Waals surface area contributed by atoms with E-state index in [1.165, 1.54) is 0 Å². The molecule has 3 saturated heterocycles. The number of rotatable bonds is 9. The van der Waals surface area contributed by atoms with Crippen LogP contribution in [0.1, 0.15) is 95.5 Å². The molecular weight excluding hydrogens is 678 g/mol. The van der Waals surface area contributed by atoms with Gasteiger partial charge in [0.25, 0.3) is 0 Å². The van der Waals surface area contributed by atoms with E-state index < -0.39 is 40.0 Å². The largest absolute Gasteiger partial charge is 0.465 e. The van der Waals surface area contributed by atoms with Gasteiger partial charge in [-0.3, -0.25) is 9.59 Å². The maximum atomic E-state index is 13.7. The van der Waals surface area contributed by atoms with Crippen LogP contribution in [0.15, 0.2) is 42.5 Å². The Labute approximate surface area is 311 Å². The maximum absolute atomic E-state index is 13.7. The second-order valence-corrected chi connectivity index (χ2v) is 18.2. The number of aliphatic hydroxyl groups is 3. The second kappa shape index (κ2) is 13.3. The molecule has 3 saturated carbocycles. The highest BCUT2D eigenvalue weighted by atomic mass is 16.6. The van der Waals surface area contributed by atoms with Crippen LogP contribution in [0.25, 0.3) is 0 Å². The molecular formula is C42H56NO10+. The lowest BCUT2D eigenvalue weighted by Gasteiger charge is -2.65. The number of hydrogen-bond donors (Lipinski definition) is 3. The van der Waals surface area contributed by atoms with Gasteiger partial charge in [-0.05, 0) is 61.8 Å². The molecule has 3 aliphatic heterocycles. The number of ether oxygens (including phenoxy) is 3. The van der Waals surface area contributed by atoms with Crippen LogP contribution in [0.4, 0.5) is 0 Å². The molecule has 0 amide bonds. The maximum Gasteiger partial charge on any atom is 0.362 e. The van der Waals surface area contributed by atoms with Gasteiger partial charge in [-0.15, -0.1) is 0 Å². The number of hydrogen-bond acceptors (Lipinski definition) is 10. The van der Waals surface area contributed by atoms with E-state index in [1.54, 1.807) is 0 Å². The van der Waals surface area contributed by atoms with Gasteiger partial charge in [-0.1, -0.05) is 49.4 Å². The van der Waals surface area contributed by atoms with Crippen molar-refractivity contribution in [2.24, 2.45) is 34.5 Å². The van der Waals surface area contributed by atoms with Gasteiger partial charge in [-0.25, -0.2) is 4.79 Å². The van der Waals surface area contributed by atoms with Gasteiger partial charge < -0.3 is 38.8 Å². The van der Waals surface area contributed by atoms with Crippen molar-refractivity contribution in [3.05, 3.63) is 48.0 Å². The highest BCUT2D eigenvalue weighted by Crippen LogP contribution is 2.69. The number of aliphatic hydroxyl groups excluding tert-OH is 1. The minimum Gasteiger partial charge on any atom is -0.465 e. The molecule has 8 rings (SSSR count). The van der Waals surface area contributed by atoms with E-state index in [-0.39, 0.29) is 73.4 Å². The van der Waals surface area contributed by atoms with Crippen LogP contribution in [-0.4, -0.2) is 106 Å². The molecule has 1 aromatic rings. The molecule has 0 radical (unpaired) electrons. The first kappa shape index (κ1) is 36.8. The molecule has 3 N–H and O–H groups in total. The molecule has 0 aromatic heterocycles. The Morgan fingerprint density at radius 1 is 0.981 bits per heavy atom. The van der Waals surface area contributed by atoms with Crippen LogP contribution < -0.4 is 0 Å². The first-order chi connectivity index (χ1) is 25.3. The summed E-state index contributed by atoms with van der Waals surface area (Å²) in [5, 5.41) is 34.8. The lowest BCUT2D eigenvalue weighted by molar-refractivity contribution is -0.942. The molecule has 53 heavy (non-hydrogen) atoms. The Bertz CT molecular complexity index is 1630. The van der Waals surface area contributed by atoms with Crippen LogP contribution >= 0.6 is 0 Å². The van der Waals surface area contributed by atoms with Crippen molar-refractivity contribution >= 4 is 24.2 Å². The average molecular weight is 735 g/mol. The fourth-order valence-electron chi connectivity index (χ4n) is 13.0. The molecule has 11 nitrogen and oxygen atoms in total. The van der Waals surface area contributed by atoms with E-state index in [0.717, 1.165) is 24.7 Å². The molecule has 288 valence electrons. The summed E-state index contributed by atoms with van der Waals surface area (Å²) >= 11 is 0. The van der Waals surface area contributed by atoms with Crippen molar-refractivity contribution in [2.75, 3.05) is 26.8 Å². The van der Waals surface area contributed by atoms with E-state index in [4.69, 9.17) is 14.2 Å². The molecule has 3 heterocycles. The third-order valence-electron chi connectivity index (χ3n) is 16.0. The average Bonchev–Trinajstić information content (AvgIpc) is 3.70. The Hall–Kier alpha value is -3.12. The van der Waals surface area contributed by atoms with Crippen molar-refractivity contribution in [3.63, 3.8) is 0 Å². The van der Waals surface area contributed by atoms with Crippen LogP contribution in [0.5, 0.6) is 0 Å². The normalized spacial score (nSPS) is 46.0. The molecule has 11 heteroatoms. The van der Waals surface area contributed by atoms with Gasteiger partial charge in [0.2, 0.25) is 0 Å². The van der Waals surface area contributed by atoms with Crippen molar-refractivity contribution in [1.82, 2.24) is 0 Å². The molecule has 2 bridgehead atoms. The molecule has 1 aromatic carbocycles. The number of fused-ring (bicyclic) bond motifs is 7. The summed E-state index contributed by atoms with van der Waals surface area (Å²) in [7, 11) is 2.09. The van der Waals surface area contributed by atoms with Crippen LogP contribution in [-0.2, 0) is 33.4 Å². The van der Waals surface area contributed by atoms with E-state index in [2.05, 4.69) is 20.0 Å². The Morgan fingerprint density at radius 3 is 2.36 bits per heavy atom.